The SMILES string of the molecule is CC(C)NCc1nnnn1-c1ccc(Cl)c2cccnc12. The third kappa shape index (κ3) is 2.72. The minimum Gasteiger partial charge on any atom is -0.308 e. The highest BCUT2D eigenvalue weighted by Gasteiger charge is 2.13. The van der Waals surface area contributed by atoms with E-state index in [9.17, 15) is 0 Å². The van der Waals surface area contributed by atoms with Crippen LogP contribution in [-0.4, -0.2) is 31.2 Å². The van der Waals surface area contributed by atoms with Gasteiger partial charge < -0.3 is 5.32 Å². The van der Waals surface area contributed by atoms with Crippen molar-refractivity contribution in [2.45, 2.75) is 26.4 Å². The lowest BCUT2D eigenvalue weighted by atomic mass is 10.2. The first-order valence-corrected chi connectivity index (χ1v) is 7.09. The largest absolute Gasteiger partial charge is 0.308 e. The smallest absolute Gasteiger partial charge is 0.170 e. The summed E-state index contributed by atoms with van der Waals surface area (Å²) in [6, 6.07) is 7.87. The van der Waals surface area contributed by atoms with Gasteiger partial charge in [0.15, 0.2) is 5.82 Å². The lowest BCUT2D eigenvalue weighted by Gasteiger charge is -2.10. The number of pyridine rings is 1. The fourth-order valence-electron chi connectivity index (χ4n) is 2.09. The van der Waals surface area contributed by atoms with Gasteiger partial charge >= 0.3 is 0 Å². The van der Waals surface area contributed by atoms with E-state index in [0.29, 0.717) is 17.6 Å². The summed E-state index contributed by atoms with van der Waals surface area (Å²) in [6.45, 7) is 4.74. The molecule has 0 fully saturated rings. The maximum atomic E-state index is 6.22. The fourth-order valence-corrected chi connectivity index (χ4v) is 2.31. The third-order valence-corrected chi connectivity index (χ3v) is 3.46. The van der Waals surface area contributed by atoms with Gasteiger partial charge in [0.25, 0.3) is 0 Å². The molecule has 7 heteroatoms. The molecule has 0 aliphatic rings. The summed E-state index contributed by atoms with van der Waals surface area (Å²) in [5, 5.41) is 16.8. The monoisotopic (exact) mass is 302 g/mol. The first kappa shape index (κ1) is 13.9. The van der Waals surface area contributed by atoms with E-state index in [-0.39, 0.29) is 0 Å². The van der Waals surface area contributed by atoms with Crippen molar-refractivity contribution in [2.24, 2.45) is 0 Å². The highest BCUT2D eigenvalue weighted by atomic mass is 35.5. The van der Waals surface area contributed by atoms with Crippen molar-refractivity contribution >= 4 is 22.5 Å². The topological polar surface area (TPSA) is 68.5 Å². The summed E-state index contributed by atoms with van der Waals surface area (Å²) < 4.78 is 1.70. The molecule has 0 aliphatic carbocycles. The summed E-state index contributed by atoms with van der Waals surface area (Å²) in [7, 11) is 0. The van der Waals surface area contributed by atoms with Gasteiger partial charge in [-0.15, -0.1) is 5.10 Å². The molecule has 0 radical (unpaired) electrons. The predicted octanol–water partition coefficient (Wildman–Crippen LogP) is 2.36. The number of aromatic nitrogens is 5. The molecular formula is C14H15ClN6. The second-order valence-corrected chi connectivity index (χ2v) is 5.42. The van der Waals surface area contributed by atoms with Crippen LogP contribution in [0.5, 0.6) is 0 Å². The number of rotatable bonds is 4. The van der Waals surface area contributed by atoms with Crippen molar-refractivity contribution in [2.75, 3.05) is 0 Å². The quantitative estimate of drug-likeness (QED) is 0.801. The number of fused-ring (bicyclic) bond motifs is 1. The Kier molecular flexibility index (Phi) is 3.81. The Hall–Kier alpha value is -2.05. The number of hydrogen-bond donors (Lipinski definition) is 1. The van der Waals surface area contributed by atoms with Crippen LogP contribution in [0.3, 0.4) is 0 Å². The molecule has 0 unspecified atom stereocenters. The van der Waals surface area contributed by atoms with E-state index in [0.717, 1.165) is 22.4 Å². The van der Waals surface area contributed by atoms with Crippen molar-refractivity contribution in [3.63, 3.8) is 0 Å². The summed E-state index contributed by atoms with van der Waals surface area (Å²) in [4.78, 5) is 4.41. The molecular weight excluding hydrogens is 288 g/mol. The second-order valence-electron chi connectivity index (χ2n) is 5.01. The van der Waals surface area contributed by atoms with Crippen molar-refractivity contribution in [1.29, 1.82) is 0 Å². The van der Waals surface area contributed by atoms with E-state index in [1.807, 2.05) is 24.3 Å². The molecule has 2 aromatic heterocycles. The zero-order valence-electron chi connectivity index (χ0n) is 11.8. The minimum atomic E-state index is 0.357. The van der Waals surface area contributed by atoms with Gasteiger partial charge in [-0.05, 0) is 34.7 Å². The van der Waals surface area contributed by atoms with Crippen LogP contribution in [0.1, 0.15) is 19.7 Å². The number of benzene rings is 1. The van der Waals surface area contributed by atoms with E-state index in [4.69, 9.17) is 11.6 Å². The molecule has 2 heterocycles. The highest BCUT2D eigenvalue weighted by Crippen LogP contribution is 2.26. The molecule has 0 aliphatic heterocycles. The van der Waals surface area contributed by atoms with Crippen LogP contribution in [0.25, 0.3) is 16.6 Å². The molecule has 0 spiro atoms. The van der Waals surface area contributed by atoms with E-state index < -0.39 is 0 Å². The first-order chi connectivity index (χ1) is 10.2. The standard InChI is InChI=1S/C14H15ClN6/c1-9(2)17-8-13-18-19-20-21(13)12-6-5-11(15)10-4-3-7-16-14(10)12/h3-7,9,17H,8H2,1-2H3. The Morgan fingerprint density at radius 2 is 2.14 bits per heavy atom. The van der Waals surface area contributed by atoms with Crippen LogP contribution in [0, 0.1) is 0 Å². The molecule has 0 saturated carbocycles. The van der Waals surface area contributed by atoms with Crippen molar-refractivity contribution < 1.29 is 0 Å². The van der Waals surface area contributed by atoms with Crippen molar-refractivity contribution in [3.05, 3.63) is 41.3 Å². The third-order valence-electron chi connectivity index (χ3n) is 3.13. The van der Waals surface area contributed by atoms with Crippen LogP contribution in [0.4, 0.5) is 0 Å². The van der Waals surface area contributed by atoms with Gasteiger partial charge in [0.05, 0.1) is 22.8 Å². The molecule has 3 rings (SSSR count). The molecule has 0 atom stereocenters. The zero-order valence-corrected chi connectivity index (χ0v) is 12.5. The van der Waals surface area contributed by atoms with Crippen molar-refractivity contribution in [1.82, 2.24) is 30.5 Å². The Bertz CT molecular complexity index is 767. The zero-order chi connectivity index (χ0) is 14.8. The van der Waals surface area contributed by atoms with E-state index in [1.165, 1.54) is 0 Å². The molecule has 0 bridgehead atoms. The van der Waals surface area contributed by atoms with Gasteiger partial charge in [-0.25, -0.2) is 0 Å². The van der Waals surface area contributed by atoms with Gasteiger partial charge in [-0.1, -0.05) is 25.4 Å². The molecule has 3 aromatic rings. The van der Waals surface area contributed by atoms with Crippen LogP contribution in [-0.2, 0) is 6.54 Å². The second kappa shape index (κ2) is 5.75. The molecule has 0 saturated heterocycles. The average molecular weight is 303 g/mol. The lowest BCUT2D eigenvalue weighted by molar-refractivity contribution is 0.563. The number of nitrogens with zero attached hydrogens (tertiary/aromatic N) is 5. The van der Waals surface area contributed by atoms with Gasteiger partial charge in [0.1, 0.15) is 0 Å². The van der Waals surface area contributed by atoms with Crippen LogP contribution in [0.15, 0.2) is 30.5 Å². The van der Waals surface area contributed by atoms with E-state index in [2.05, 4.69) is 39.7 Å². The number of tetrazole rings is 1. The summed E-state index contributed by atoms with van der Waals surface area (Å²) in [5.41, 5.74) is 1.60. The Morgan fingerprint density at radius 1 is 1.29 bits per heavy atom. The Labute approximate surface area is 127 Å². The highest BCUT2D eigenvalue weighted by molar-refractivity contribution is 6.35. The van der Waals surface area contributed by atoms with E-state index >= 15 is 0 Å². The number of halogens is 1. The fraction of sp³-hybridized carbons (Fsp3) is 0.286. The average Bonchev–Trinajstić information content (AvgIpc) is 2.94. The van der Waals surface area contributed by atoms with Crippen LogP contribution >= 0.6 is 11.6 Å². The molecule has 1 aromatic carbocycles. The summed E-state index contributed by atoms with van der Waals surface area (Å²) in [5.74, 6) is 0.734. The maximum absolute atomic E-state index is 6.22. The molecule has 108 valence electrons. The van der Waals surface area contributed by atoms with Gasteiger partial charge in [-0.2, -0.15) is 4.68 Å². The predicted molar refractivity (Wildman–Crippen MR) is 81.4 cm³/mol. The summed E-state index contributed by atoms with van der Waals surface area (Å²) in [6.07, 6.45) is 1.73. The van der Waals surface area contributed by atoms with Gasteiger partial charge in [-0.3, -0.25) is 4.98 Å². The minimum absolute atomic E-state index is 0.357. The lowest BCUT2D eigenvalue weighted by Crippen LogP contribution is -2.24. The normalized spacial score (nSPS) is 11.4. The molecule has 1 N–H and O–H groups in total. The number of hydrogen-bond acceptors (Lipinski definition) is 5. The van der Waals surface area contributed by atoms with E-state index in [1.54, 1.807) is 10.9 Å². The first-order valence-electron chi connectivity index (χ1n) is 6.71. The maximum Gasteiger partial charge on any atom is 0.170 e. The summed E-state index contributed by atoms with van der Waals surface area (Å²) >= 11 is 6.22. The molecule has 0 amide bonds. The Morgan fingerprint density at radius 3 is 2.95 bits per heavy atom. The van der Waals surface area contributed by atoms with Crippen LogP contribution in [0.2, 0.25) is 5.02 Å². The van der Waals surface area contributed by atoms with Gasteiger partial charge in [0.2, 0.25) is 0 Å². The molecule has 6 nitrogen and oxygen atoms in total. The Balaban J connectivity index is 2.09. The molecule has 21 heavy (non-hydrogen) atoms. The van der Waals surface area contributed by atoms with Gasteiger partial charge in [0, 0.05) is 17.6 Å². The number of nitrogens with one attached hydrogen (secondary N) is 1. The van der Waals surface area contributed by atoms with Crippen molar-refractivity contribution in [3.8, 4) is 5.69 Å². The van der Waals surface area contributed by atoms with Crippen LogP contribution < -0.4 is 5.32 Å².